The van der Waals surface area contributed by atoms with E-state index in [1.807, 2.05) is 4.90 Å². The van der Waals surface area contributed by atoms with Crippen molar-refractivity contribution in [3.63, 3.8) is 0 Å². The highest BCUT2D eigenvalue weighted by molar-refractivity contribution is 7.15. The monoisotopic (exact) mass is 308 g/mol. The highest BCUT2D eigenvalue weighted by atomic mass is 32.1. The summed E-state index contributed by atoms with van der Waals surface area (Å²) in [6.07, 6.45) is 3.19. The van der Waals surface area contributed by atoms with Crippen molar-refractivity contribution in [1.82, 2.24) is 15.1 Å². The molecule has 0 radical (unpaired) electrons. The lowest BCUT2D eigenvalue weighted by Crippen LogP contribution is -2.36. The van der Waals surface area contributed by atoms with E-state index in [9.17, 15) is 4.79 Å². The molecule has 1 saturated heterocycles. The highest BCUT2D eigenvalue weighted by Gasteiger charge is 2.34. The van der Waals surface area contributed by atoms with E-state index in [1.54, 1.807) is 11.3 Å². The summed E-state index contributed by atoms with van der Waals surface area (Å²) in [6.45, 7) is 10.0. The van der Waals surface area contributed by atoms with Gasteiger partial charge in [-0.05, 0) is 19.3 Å². The minimum atomic E-state index is 0.0513. The second-order valence-corrected chi connectivity index (χ2v) is 8.04. The summed E-state index contributed by atoms with van der Waals surface area (Å²) in [5.41, 5.74) is 0.0513. The topological polar surface area (TPSA) is 49.3 Å². The van der Waals surface area contributed by atoms with E-state index in [-0.39, 0.29) is 5.41 Å². The number of aromatic nitrogens is 2. The van der Waals surface area contributed by atoms with Crippen LogP contribution in [0.25, 0.3) is 0 Å². The van der Waals surface area contributed by atoms with E-state index in [1.165, 1.54) is 0 Å². The molecule has 2 heterocycles. The van der Waals surface area contributed by atoms with Gasteiger partial charge >= 0.3 is 0 Å². The summed E-state index contributed by atoms with van der Waals surface area (Å²) in [5, 5.41) is 10.8. The first-order chi connectivity index (χ1) is 9.95. The number of hydrogen-bond donors (Lipinski definition) is 0. The first-order valence-electron chi connectivity index (χ1n) is 7.83. The minimum absolute atomic E-state index is 0.0513. The van der Waals surface area contributed by atoms with Crippen molar-refractivity contribution in [2.45, 2.75) is 45.4 Å². The summed E-state index contributed by atoms with van der Waals surface area (Å²) in [7, 11) is 0. The summed E-state index contributed by atoms with van der Waals surface area (Å²) < 4.78 is 0. The Morgan fingerprint density at radius 3 is 2.52 bits per heavy atom. The molecule has 2 fully saturated rings. The van der Waals surface area contributed by atoms with Crippen molar-refractivity contribution < 1.29 is 4.79 Å². The van der Waals surface area contributed by atoms with Crippen LogP contribution in [0.4, 0.5) is 5.13 Å². The Morgan fingerprint density at radius 1 is 1.14 bits per heavy atom. The predicted molar refractivity (Wildman–Crippen MR) is 84.7 cm³/mol. The predicted octanol–water partition coefficient (Wildman–Crippen LogP) is 2.28. The van der Waals surface area contributed by atoms with Crippen LogP contribution in [0.3, 0.4) is 0 Å². The number of hydrogen-bond acceptors (Lipinski definition) is 5. The summed E-state index contributed by atoms with van der Waals surface area (Å²) >= 11 is 1.68. The molecule has 1 aliphatic carbocycles. The third kappa shape index (κ3) is 3.36. The first-order valence-corrected chi connectivity index (χ1v) is 8.64. The maximum Gasteiger partial charge on any atom is 0.225 e. The maximum absolute atomic E-state index is 12.2. The Bertz CT molecular complexity index is 518. The molecular formula is C15H24N4OS. The van der Waals surface area contributed by atoms with Gasteiger partial charge in [0.05, 0.1) is 0 Å². The molecule has 0 bridgehead atoms. The molecule has 21 heavy (non-hydrogen) atoms. The summed E-state index contributed by atoms with van der Waals surface area (Å²) in [4.78, 5) is 16.5. The Kier molecular flexibility index (Phi) is 3.90. The van der Waals surface area contributed by atoms with Gasteiger partial charge in [-0.1, -0.05) is 32.1 Å². The fraction of sp³-hybridized carbons (Fsp3) is 0.800. The molecule has 2 aliphatic rings. The average molecular weight is 308 g/mol. The maximum atomic E-state index is 12.2. The molecule has 1 aromatic rings. The number of nitrogens with zero attached hydrogens (tertiary/aromatic N) is 4. The largest absolute Gasteiger partial charge is 0.345 e. The average Bonchev–Trinajstić information content (AvgIpc) is 3.19. The van der Waals surface area contributed by atoms with E-state index in [0.29, 0.717) is 11.8 Å². The number of carbonyl (C=O) groups excluding carboxylic acids is 1. The Morgan fingerprint density at radius 2 is 1.90 bits per heavy atom. The van der Waals surface area contributed by atoms with Gasteiger partial charge in [0, 0.05) is 37.5 Å². The van der Waals surface area contributed by atoms with Crippen LogP contribution in [0, 0.1) is 5.92 Å². The van der Waals surface area contributed by atoms with E-state index >= 15 is 0 Å². The van der Waals surface area contributed by atoms with Crippen molar-refractivity contribution in [1.29, 1.82) is 0 Å². The lowest BCUT2D eigenvalue weighted by molar-refractivity contribution is -0.132. The Hall–Kier alpha value is -1.17. The molecule has 0 aromatic carbocycles. The first kappa shape index (κ1) is 14.8. The Balaban J connectivity index is 1.64. The molecule has 0 N–H and O–H groups in total. The zero-order valence-electron chi connectivity index (χ0n) is 13.1. The van der Waals surface area contributed by atoms with Crippen LogP contribution in [0.2, 0.25) is 0 Å². The standard InChI is InChI=1S/C15H24N4OS/c1-15(2,3)13-16-17-14(21-13)19-8-4-7-18(9-10-19)12(20)11-5-6-11/h11H,4-10H2,1-3H3. The van der Waals surface area contributed by atoms with Crippen LogP contribution in [-0.2, 0) is 10.2 Å². The molecule has 3 rings (SSSR count). The molecule has 5 nitrogen and oxygen atoms in total. The van der Waals surface area contributed by atoms with Gasteiger partial charge < -0.3 is 9.80 Å². The van der Waals surface area contributed by atoms with Gasteiger partial charge in [0.25, 0.3) is 0 Å². The van der Waals surface area contributed by atoms with Gasteiger partial charge in [0.2, 0.25) is 11.0 Å². The van der Waals surface area contributed by atoms with Crippen molar-refractivity contribution in [2.75, 3.05) is 31.1 Å². The third-order valence-electron chi connectivity index (χ3n) is 4.06. The fourth-order valence-electron chi connectivity index (χ4n) is 2.56. The van der Waals surface area contributed by atoms with E-state index in [0.717, 1.165) is 55.6 Å². The van der Waals surface area contributed by atoms with Gasteiger partial charge in [0.1, 0.15) is 5.01 Å². The van der Waals surface area contributed by atoms with Gasteiger partial charge in [-0.2, -0.15) is 0 Å². The number of carbonyl (C=O) groups is 1. The summed E-state index contributed by atoms with van der Waals surface area (Å²) in [6, 6.07) is 0. The molecule has 1 saturated carbocycles. The van der Waals surface area contributed by atoms with Crippen molar-refractivity contribution in [2.24, 2.45) is 5.92 Å². The molecule has 0 unspecified atom stereocenters. The number of anilines is 1. The minimum Gasteiger partial charge on any atom is -0.345 e. The quantitative estimate of drug-likeness (QED) is 0.841. The van der Waals surface area contributed by atoms with E-state index in [4.69, 9.17) is 0 Å². The summed E-state index contributed by atoms with van der Waals surface area (Å²) in [5.74, 6) is 0.690. The van der Waals surface area contributed by atoms with E-state index in [2.05, 4.69) is 35.9 Å². The molecule has 1 amide bonds. The van der Waals surface area contributed by atoms with Gasteiger partial charge in [-0.3, -0.25) is 4.79 Å². The highest BCUT2D eigenvalue weighted by Crippen LogP contribution is 2.32. The van der Waals surface area contributed by atoms with Gasteiger partial charge in [-0.25, -0.2) is 0 Å². The third-order valence-corrected chi connectivity index (χ3v) is 5.47. The van der Waals surface area contributed by atoms with Crippen LogP contribution in [-0.4, -0.2) is 47.2 Å². The molecular weight excluding hydrogens is 284 g/mol. The number of rotatable bonds is 2. The lowest BCUT2D eigenvalue weighted by atomic mass is 9.98. The molecule has 0 spiro atoms. The van der Waals surface area contributed by atoms with Crippen molar-refractivity contribution in [3.8, 4) is 0 Å². The van der Waals surface area contributed by atoms with E-state index < -0.39 is 0 Å². The van der Waals surface area contributed by atoms with Crippen molar-refractivity contribution >= 4 is 22.4 Å². The second-order valence-electron chi connectivity index (χ2n) is 7.08. The van der Waals surface area contributed by atoms with Gasteiger partial charge in [0.15, 0.2) is 0 Å². The molecule has 6 heteroatoms. The molecule has 1 aromatic heterocycles. The van der Waals surface area contributed by atoms with Crippen LogP contribution in [0.15, 0.2) is 0 Å². The molecule has 0 atom stereocenters. The SMILES string of the molecule is CC(C)(C)c1nnc(N2CCCN(C(=O)C3CC3)CC2)s1. The normalized spacial score (nSPS) is 20.5. The Labute approximate surface area is 130 Å². The van der Waals surface area contributed by atoms with Crippen molar-refractivity contribution in [3.05, 3.63) is 5.01 Å². The van der Waals surface area contributed by atoms with Crippen LogP contribution < -0.4 is 4.90 Å². The lowest BCUT2D eigenvalue weighted by Gasteiger charge is -2.21. The van der Waals surface area contributed by atoms with Crippen LogP contribution in [0.5, 0.6) is 0 Å². The zero-order valence-corrected chi connectivity index (χ0v) is 13.9. The molecule has 1 aliphatic heterocycles. The zero-order chi connectivity index (χ0) is 15.0. The second kappa shape index (κ2) is 5.55. The smallest absolute Gasteiger partial charge is 0.225 e. The fourth-order valence-corrected chi connectivity index (χ4v) is 3.52. The van der Waals surface area contributed by atoms with Crippen LogP contribution in [0.1, 0.15) is 45.0 Å². The number of amides is 1. The van der Waals surface area contributed by atoms with Gasteiger partial charge in [-0.15, -0.1) is 10.2 Å². The molecule has 116 valence electrons. The van der Waals surface area contributed by atoms with Crippen LogP contribution >= 0.6 is 11.3 Å².